The van der Waals surface area contributed by atoms with Gasteiger partial charge in [-0.05, 0) is 18.6 Å². The van der Waals surface area contributed by atoms with E-state index in [0.717, 1.165) is 0 Å². The Labute approximate surface area is 116 Å². The lowest BCUT2D eigenvalue weighted by atomic mass is 10.2. The number of aromatic nitrogens is 1. The van der Waals surface area contributed by atoms with Crippen molar-refractivity contribution in [1.29, 1.82) is 0 Å². The van der Waals surface area contributed by atoms with Gasteiger partial charge in [-0.1, -0.05) is 0 Å². The quantitative estimate of drug-likeness (QED) is 0.810. The highest BCUT2D eigenvalue weighted by Crippen LogP contribution is 2.16. The lowest BCUT2D eigenvalue weighted by Gasteiger charge is -2.21. The smallest absolute Gasteiger partial charge is 0.317 e. The Morgan fingerprint density at radius 2 is 2.05 bits per heavy atom. The van der Waals surface area contributed by atoms with Gasteiger partial charge in [-0.3, -0.25) is 14.5 Å². The number of rotatable bonds is 3. The zero-order valence-electron chi connectivity index (χ0n) is 11.0. The Kier molecular flexibility index (Phi) is 4.52. The third-order valence-electron chi connectivity index (χ3n) is 3.22. The topological polar surface area (TPSA) is 94.0 Å². The van der Waals surface area contributed by atoms with Crippen LogP contribution in [0.5, 0.6) is 5.75 Å². The Bertz CT molecular complexity index is 506. The van der Waals surface area contributed by atoms with E-state index in [4.69, 9.17) is 5.11 Å². The van der Waals surface area contributed by atoms with Crippen molar-refractivity contribution >= 4 is 11.9 Å². The summed E-state index contributed by atoms with van der Waals surface area (Å²) in [7, 11) is 0. The monoisotopic (exact) mass is 279 g/mol. The van der Waals surface area contributed by atoms with Crippen molar-refractivity contribution in [3.05, 3.63) is 24.0 Å². The summed E-state index contributed by atoms with van der Waals surface area (Å²) >= 11 is 0. The molecular formula is C13H17N3O4. The number of amides is 1. The Balaban J connectivity index is 2.02. The fourth-order valence-corrected chi connectivity index (χ4v) is 2.23. The molecule has 0 bridgehead atoms. The fourth-order valence-electron chi connectivity index (χ4n) is 2.23. The van der Waals surface area contributed by atoms with Crippen LogP contribution in [0.2, 0.25) is 0 Å². The molecule has 1 aromatic heterocycles. The van der Waals surface area contributed by atoms with E-state index in [1.54, 1.807) is 15.9 Å². The lowest BCUT2D eigenvalue weighted by Crippen LogP contribution is -2.37. The molecule has 1 aliphatic heterocycles. The normalized spacial score (nSPS) is 16.7. The second kappa shape index (κ2) is 6.33. The average Bonchev–Trinajstić information content (AvgIpc) is 2.63. The molecule has 0 radical (unpaired) electrons. The molecule has 1 aliphatic rings. The Morgan fingerprint density at radius 1 is 1.25 bits per heavy atom. The molecule has 0 aromatic carbocycles. The molecular weight excluding hydrogens is 262 g/mol. The number of carboxylic acid groups (broad SMARTS) is 1. The van der Waals surface area contributed by atoms with Gasteiger partial charge in [0.25, 0.3) is 5.91 Å². The highest BCUT2D eigenvalue weighted by Gasteiger charge is 2.23. The first-order valence-corrected chi connectivity index (χ1v) is 6.45. The number of nitrogens with zero attached hydrogens (tertiary/aromatic N) is 3. The Morgan fingerprint density at radius 3 is 2.75 bits per heavy atom. The maximum absolute atomic E-state index is 12.3. The number of aromatic hydroxyl groups is 1. The summed E-state index contributed by atoms with van der Waals surface area (Å²) in [6.45, 7) is 2.10. The van der Waals surface area contributed by atoms with Crippen LogP contribution in [0, 0.1) is 0 Å². The van der Waals surface area contributed by atoms with Gasteiger partial charge < -0.3 is 15.1 Å². The maximum atomic E-state index is 12.3. The van der Waals surface area contributed by atoms with E-state index in [0.29, 0.717) is 32.6 Å². The highest BCUT2D eigenvalue weighted by molar-refractivity contribution is 5.94. The molecule has 2 N–H and O–H groups in total. The van der Waals surface area contributed by atoms with E-state index in [9.17, 15) is 14.7 Å². The van der Waals surface area contributed by atoms with E-state index in [-0.39, 0.29) is 23.9 Å². The van der Waals surface area contributed by atoms with E-state index < -0.39 is 5.97 Å². The summed E-state index contributed by atoms with van der Waals surface area (Å²) in [4.78, 5) is 30.3. The highest BCUT2D eigenvalue weighted by atomic mass is 16.4. The molecule has 2 rings (SSSR count). The number of carboxylic acids is 1. The predicted octanol–water partition coefficient (Wildman–Crippen LogP) is 0.0197. The van der Waals surface area contributed by atoms with E-state index >= 15 is 0 Å². The maximum Gasteiger partial charge on any atom is 0.317 e. The SMILES string of the molecule is O=C(O)CN1CCCN(C(=O)c2ncccc2O)CC1. The van der Waals surface area contributed by atoms with Gasteiger partial charge in [0.1, 0.15) is 5.75 Å². The van der Waals surface area contributed by atoms with Crippen molar-refractivity contribution in [2.45, 2.75) is 6.42 Å². The van der Waals surface area contributed by atoms with Gasteiger partial charge >= 0.3 is 5.97 Å². The molecule has 20 heavy (non-hydrogen) atoms. The number of aliphatic carboxylic acids is 1. The zero-order chi connectivity index (χ0) is 14.5. The molecule has 0 saturated carbocycles. The average molecular weight is 279 g/mol. The van der Waals surface area contributed by atoms with Crippen LogP contribution in [0.3, 0.4) is 0 Å². The number of carbonyl (C=O) groups excluding carboxylic acids is 1. The molecule has 7 nitrogen and oxygen atoms in total. The third-order valence-corrected chi connectivity index (χ3v) is 3.22. The van der Waals surface area contributed by atoms with Crippen LogP contribution in [0.25, 0.3) is 0 Å². The first kappa shape index (κ1) is 14.3. The molecule has 0 aliphatic carbocycles. The molecule has 0 spiro atoms. The second-order valence-corrected chi connectivity index (χ2v) is 4.69. The van der Waals surface area contributed by atoms with Crippen molar-refractivity contribution in [2.24, 2.45) is 0 Å². The molecule has 0 unspecified atom stereocenters. The summed E-state index contributed by atoms with van der Waals surface area (Å²) < 4.78 is 0. The summed E-state index contributed by atoms with van der Waals surface area (Å²) in [5.74, 6) is -1.32. The van der Waals surface area contributed by atoms with Crippen LogP contribution in [-0.2, 0) is 4.79 Å². The molecule has 1 saturated heterocycles. The number of hydrogen-bond acceptors (Lipinski definition) is 5. The van der Waals surface area contributed by atoms with Crippen molar-refractivity contribution in [2.75, 3.05) is 32.7 Å². The first-order chi connectivity index (χ1) is 9.58. The van der Waals surface area contributed by atoms with Gasteiger partial charge in [-0.2, -0.15) is 0 Å². The van der Waals surface area contributed by atoms with Crippen molar-refractivity contribution < 1.29 is 19.8 Å². The van der Waals surface area contributed by atoms with E-state index in [1.807, 2.05) is 0 Å². The van der Waals surface area contributed by atoms with Crippen LogP contribution in [0.1, 0.15) is 16.9 Å². The standard InChI is InChI=1S/C13H17N3O4/c17-10-3-1-4-14-12(10)13(20)16-6-2-5-15(7-8-16)9-11(18)19/h1,3-4,17H,2,5-9H2,(H,18,19). The minimum absolute atomic E-state index is 0.0170. The van der Waals surface area contributed by atoms with Crippen LogP contribution in [0.15, 0.2) is 18.3 Å². The molecule has 108 valence electrons. The van der Waals surface area contributed by atoms with Crippen LogP contribution >= 0.6 is 0 Å². The largest absolute Gasteiger partial charge is 0.505 e. The minimum Gasteiger partial charge on any atom is -0.505 e. The molecule has 1 aromatic rings. The molecule has 2 heterocycles. The van der Waals surface area contributed by atoms with Gasteiger partial charge in [0.05, 0.1) is 6.54 Å². The molecule has 0 atom stereocenters. The summed E-state index contributed by atoms with van der Waals surface area (Å²) in [6, 6.07) is 2.98. The van der Waals surface area contributed by atoms with Crippen LogP contribution in [0.4, 0.5) is 0 Å². The van der Waals surface area contributed by atoms with E-state index in [1.165, 1.54) is 12.3 Å². The Hall–Kier alpha value is -2.15. The predicted molar refractivity (Wildman–Crippen MR) is 70.5 cm³/mol. The van der Waals surface area contributed by atoms with Crippen molar-refractivity contribution in [3.8, 4) is 5.75 Å². The first-order valence-electron chi connectivity index (χ1n) is 6.45. The molecule has 1 fully saturated rings. The van der Waals surface area contributed by atoms with Gasteiger partial charge in [0.2, 0.25) is 0 Å². The number of carbonyl (C=O) groups is 2. The van der Waals surface area contributed by atoms with Crippen LogP contribution < -0.4 is 0 Å². The molecule has 1 amide bonds. The van der Waals surface area contributed by atoms with Gasteiger partial charge in [0.15, 0.2) is 5.69 Å². The zero-order valence-corrected chi connectivity index (χ0v) is 11.0. The van der Waals surface area contributed by atoms with Gasteiger partial charge in [0, 0.05) is 32.4 Å². The van der Waals surface area contributed by atoms with Gasteiger partial charge in [-0.25, -0.2) is 4.98 Å². The number of pyridine rings is 1. The van der Waals surface area contributed by atoms with Crippen molar-refractivity contribution in [1.82, 2.24) is 14.8 Å². The van der Waals surface area contributed by atoms with Crippen LogP contribution in [-0.4, -0.2) is 69.6 Å². The summed E-state index contributed by atoms with van der Waals surface area (Å²) in [6.07, 6.45) is 2.16. The summed E-state index contributed by atoms with van der Waals surface area (Å²) in [5.41, 5.74) is 0.0409. The van der Waals surface area contributed by atoms with E-state index in [2.05, 4.69) is 4.98 Å². The third kappa shape index (κ3) is 3.45. The van der Waals surface area contributed by atoms with Gasteiger partial charge in [-0.15, -0.1) is 0 Å². The second-order valence-electron chi connectivity index (χ2n) is 4.69. The molecule has 7 heteroatoms. The minimum atomic E-state index is -0.868. The lowest BCUT2D eigenvalue weighted by molar-refractivity contribution is -0.138. The fraction of sp³-hybridized carbons (Fsp3) is 0.462. The van der Waals surface area contributed by atoms with Crippen molar-refractivity contribution in [3.63, 3.8) is 0 Å². The number of hydrogen-bond donors (Lipinski definition) is 2. The summed E-state index contributed by atoms with van der Waals surface area (Å²) in [5, 5.41) is 18.4.